The molecule has 0 saturated carbocycles. The van der Waals surface area contributed by atoms with Gasteiger partial charge in [0.25, 0.3) is 0 Å². The summed E-state index contributed by atoms with van der Waals surface area (Å²) in [5.41, 5.74) is 7.58. The maximum Gasteiger partial charge on any atom is 0.236 e. The van der Waals surface area contributed by atoms with Crippen molar-refractivity contribution in [2.45, 2.75) is 26.3 Å². The molecule has 0 unspecified atom stereocenters. The van der Waals surface area contributed by atoms with Gasteiger partial charge in [0.05, 0.1) is 13.7 Å². The summed E-state index contributed by atoms with van der Waals surface area (Å²) in [6.07, 6.45) is 0. The summed E-state index contributed by atoms with van der Waals surface area (Å²) >= 11 is 0. The zero-order chi connectivity index (χ0) is 13.7. The SMILES string of the molecule is COc1ccc(CN(C)C(=O)CN)cc1C(C)C. The summed E-state index contributed by atoms with van der Waals surface area (Å²) in [5, 5.41) is 0. The summed E-state index contributed by atoms with van der Waals surface area (Å²) in [6.45, 7) is 4.86. The smallest absolute Gasteiger partial charge is 0.236 e. The van der Waals surface area contributed by atoms with Crippen molar-refractivity contribution in [3.63, 3.8) is 0 Å². The average Bonchev–Trinajstić information content (AvgIpc) is 2.37. The monoisotopic (exact) mass is 250 g/mol. The fourth-order valence-electron chi connectivity index (χ4n) is 1.85. The number of hydrogen-bond donors (Lipinski definition) is 1. The van der Waals surface area contributed by atoms with E-state index in [1.165, 1.54) is 0 Å². The third-order valence-electron chi connectivity index (χ3n) is 2.94. The van der Waals surface area contributed by atoms with Gasteiger partial charge in [-0.15, -0.1) is 0 Å². The van der Waals surface area contributed by atoms with Crippen LogP contribution in [0.25, 0.3) is 0 Å². The first-order valence-electron chi connectivity index (χ1n) is 6.10. The molecule has 0 heterocycles. The van der Waals surface area contributed by atoms with E-state index in [0.29, 0.717) is 12.5 Å². The number of benzene rings is 1. The first-order chi connectivity index (χ1) is 8.49. The molecule has 1 amide bonds. The van der Waals surface area contributed by atoms with Crippen molar-refractivity contribution in [1.82, 2.24) is 4.90 Å². The number of ether oxygens (including phenoxy) is 1. The lowest BCUT2D eigenvalue weighted by Gasteiger charge is -2.18. The highest BCUT2D eigenvalue weighted by molar-refractivity contribution is 5.77. The van der Waals surface area contributed by atoms with Gasteiger partial charge in [-0.2, -0.15) is 0 Å². The molecule has 1 aromatic carbocycles. The molecule has 0 spiro atoms. The van der Waals surface area contributed by atoms with E-state index in [4.69, 9.17) is 10.5 Å². The van der Waals surface area contributed by atoms with Crippen molar-refractivity contribution in [2.75, 3.05) is 20.7 Å². The van der Waals surface area contributed by atoms with Crippen molar-refractivity contribution in [2.24, 2.45) is 5.73 Å². The van der Waals surface area contributed by atoms with Crippen molar-refractivity contribution >= 4 is 5.91 Å². The van der Waals surface area contributed by atoms with Crippen LogP contribution in [0.2, 0.25) is 0 Å². The minimum atomic E-state index is -0.0584. The van der Waals surface area contributed by atoms with Crippen molar-refractivity contribution in [3.8, 4) is 5.75 Å². The summed E-state index contributed by atoms with van der Waals surface area (Å²) in [7, 11) is 3.43. The van der Waals surface area contributed by atoms with Crippen LogP contribution in [0.4, 0.5) is 0 Å². The Kier molecular flexibility index (Phi) is 5.16. The second-order valence-corrected chi connectivity index (χ2v) is 4.68. The third-order valence-corrected chi connectivity index (χ3v) is 2.94. The van der Waals surface area contributed by atoms with Gasteiger partial charge >= 0.3 is 0 Å². The number of nitrogens with zero attached hydrogens (tertiary/aromatic N) is 1. The summed E-state index contributed by atoms with van der Waals surface area (Å²) < 4.78 is 5.33. The number of likely N-dealkylation sites (N-methyl/N-ethyl adjacent to an activating group) is 1. The van der Waals surface area contributed by atoms with Crippen LogP contribution in [0, 0.1) is 0 Å². The van der Waals surface area contributed by atoms with E-state index in [9.17, 15) is 4.79 Å². The molecule has 0 aliphatic carbocycles. The molecule has 2 N–H and O–H groups in total. The standard InChI is InChI=1S/C14H22N2O2/c1-10(2)12-7-11(5-6-13(12)18-4)9-16(3)14(17)8-15/h5-7,10H,8-9,15H2,1-4H3. The van der Waals surface area contributed by atoms with Gasteiger partial charge in [0, 0.05) is 13.6 Å². The van der Waals surface area contributed by atoms with E-state index in [1.807, 2.05) is 12.1 Å². The van der Waals surface area contributed by atoms with Gasteiger partial charge < -0.3 is 15.4 Å². The number of rotatable bonds is 5. The topological polar surface area (TPSA) is 55.6 Å². The zero-order valence-electron chi connectivity index (χ0n) is 11.6. The predicted octanol–water partition coefficient (Wildman–Crippen LogP) is 1.74. The number of carbonyl (C=O) groups is 1. The Morgan fingerprint density at radius 3 is 2.61 bits per heavy atom. The number of nitrogens with two attached hydrogens (primary N) is 1. The minimum Gasteiger partial charge on any atom is -0.496 e. The van der Waals surface area contributed by atoms with Crippen molar-refractivity contribution in [3.05, 3.63) is 29.3 Å². The fraction of sp³-hybridized carbons (Fsp3) is 0.500. The van der Waals surface area contributed by atoms with Gasteiger partial charge in [-0.1, -0.05) is 26.0 Å². The second kappa shape index (κ2) is 6.40. The van der Waals surface area contributed by atoms with Gasteiger partial charge in [0.15, 0.2) is 0 Å². The lowest BCUT2D eigenvalue weighted by atomic mass is 9.99. The Balaban J connectivity index is 2.91. The van der Waals surface area contributed by atoms with E-state index in [1.54, 1.807) is 19.1 Å². The normalized spacial score (nSPS) is 10.6. The summed E-state index contributed by atoms with van der Waals surface area (Å²) in [4.78, 5) is 13.1. The van der Waals surface area contributed by atoms with Gasteiger partial charge in [0.1, 0.15) is 5.75 Å². The van der Waals surface area contributed by atoms with E-state index < -0.39 is 0 Å². The maximum absolute atomic E-state index is 11.4. The minimum absolute atomic E-state index is 0.0453. The van der Waals surface area contributed by atoms with Crippen LogP contribution >= 0.6 is 0 Å². The highest BCUT2D eigenvalue weighted by Crippen LogP contribution is 2.27. The summed E-state index contributed by atoms with van der Waals surface area (Å²) in [6, 6.07) is 6.01. The quantitative estimate of drug-likeness (QED) is 0.866. The fourth-order valence-corrected chi connectivity index (χ4v) is 1.85. The Morgan fingerprint density at radius 2 is 2.11 bits per heavy atom. The van der Waals surface area contributed by atoms with Crippen LogP contribution in [0.1, 0.15) is 30.9 Å². The number of methoxy groups -OCH3 is 1. The van der Waals surface area contributed by atoms with E-state index in [0.717, 1.165) is 16.9 Å². The molecule has 0 saturated heterocycles. The van der Waals surface area contributed by atoms with Crippen LogP contribution in [-0.2, 0) is 11.3 Å². The predicted molar refractivity (Wildman–Crippen MR) is 72.6 cm³/mol. The van der Waals surface area contributed by atoms with Crippen molar-refractivity contribution < 1.29 is 9.53 Å². The van der Waals surface area contributed by atoms with Crippen LogP contribution in [-0.4, -0.2) is 31.5 Å². The van der Waals surface area contributed by atoms with Crippen LogP contribution < -0.4 is 10.5 Å². The molecule has 100 valence electrons. The molecule has 4 nitrogen and oxygen atoms in total. The molecular formula is C14H22N2O2. The van der Waals surface area contributed by atoms with E-state index in [-0.39, 0.29) is 12.5 Å². The van der Waals surface area contributed by atoms with Crippen LogP contribution in [0.5, 0.6) is 5.75 Å². The maximum atomic E-state index is 11.4. The van der Waals surface area contributed by atoms with Gasteiger partial charge in [-0.25, -0.2) is 0 Å². The van der Waals surface area contributed by atoms with E-state index in [2.05, 4.69) is 19.9 Å². The van der Waals surface area contributed by atoms with Crippen LogP contribution in [0.3, 0.4) is 0 Å². The van der Waals surface area contributed by atoms with E-state index >= 15 is 0 Å². The molecule has 0 atom stereocenters. The lowest BCUT2D eigenvalue weighted by Crippen LogP contribution is -2.32. The Bertz CT molecular complexity index is 416. The molecule has 4 heteroatoms. The largest absolute Gasteiger partial charge is 0.496 e. The van der Waals surface area contributed by atoms with Gasteiger partial charge in [-0.3, -0.25) is 4.79 Å². The van der Waals surface area contributed by atoms with Gasteiger partial charge in [0.2, 0.25) is 5.91 Å². The molecule has 0 aromatic heterocycles. The second-order valence-electron chi connectivity index (χ2n) is 4.68. The van der Waals surface area contributed by atoms with Gasteiger partial charge in [-0.05, 0) is 23.1 Å². The molecule has 0 aliphatic heterocycles. The molecule has 18 heavy (non-hydrogen) atoms. The molecule has 1 aromatic rings. The molecular weight excluding hydrogens is 228 g/mol. The highest BCUT2D eigenvalue weighted by atomic mass is 16.5. The average molecular weight is 250 g/mol. The number of amides is 1. The summed E-state index contributed by atoms with van der Waals surface area (Å²) in [5.74, 6) is 1.22. The highest BCUT2D eigenvalue weighted by Gasteiger charge is 2.11. The number of carbonyl (C=O) groups excluding carboxylic acids is 1. The van der Waals surface area contributed by atoms with Crippen molar-refractivity contribution in [1.29, 1.82) is 0 Å². The first-order valence-corrected chi connectivity index (χ1v) is 6.10. The molecule has 0 radical (unpaired) electrons. The molecule has 0 fully saturated rings. The van der Waals surface area contributed by atoms with Crippen LogP contribution in [0.15, 0.2) is 18.2 Å². The Morgan fingerprint density at radius 1 is 1.44 bits per heavy atom. The lowest BCUT2D eigenvalue weighted by molar-refractivity contribution is -0.128. The zero-order valence-corrected chi connectivity index (χ0v) is 11.6. The first kappa shape index (κ1) is 14.5. The molecule has 1 rings (SSSR count). The number of hydrogen-bond acceptors (Lipinski definition) is 3. The molecule has 0 bridgehead atoms. The third kappa shape index (κ3) is 3.47. The Labute approximate surface area is 109 Å². The molecule has 0 aliphatic rings. The Hall–Kier alpha value is -1.55.